The summed E-state index contributed by atoms with van der Waals surface area (Å²) in [6.45, 7) is 7.46. The summed E-state index contributed by atoms with van der Waals surface area (Å²) < 4.78 is 5.64. The number of rotatable bonds is 4. The molecule has 1 saturated heterocycles. The first-order chi connectivity index (χ1) is 13.0. The van der Waals surface area contributed by atoms with E-state index >= 15 is 0 Å². The van der Waals surface area contributed by atoms with E-state index in [0.717, 1.165) is 49.4 Å². The van der Waals surface area contributed by atoms with Crippen LogP contribution in [0.1, 0.15) is 29.3 Å². The minimum absolute atomic E-state index is 0.00803. The summed E-state index contributed by atoms with van der Waals surface area (Å²) in [6.07, 6.45) is 3.82. The molecule has 1 fully saturated rings. The average molecular weight is 405 g/mol. The van der Waals surface area contributed by atoms with Crippen LogP contribution in [0.2, 0.25) is 10.0 Å². The van der Waals surface area contributed by atoms with Gasteiger partial charge in [0.15, 0.2) is 0 Å². The Hall–Kier alpha value is -1.75. The van der Waals surface area contributed by atoms with Crippen LogP contribution in [0.3, 0.4) is 0 Å². The van der Waals surface area contributed by atoms with Gasteiger partial charge in [-0.3, -0.25) is 9.69 Å². The molecule has 1 aromatic carbocycles. The SMILES string of the molecule is C=C1CCN(CC2c3ccoc3CCN2C(=O)Cc2ccc(Cl)c(Cl)c2)C1. The lowest BCUT2D eigenvalue weighted by Gasteiger charge is -2.37. The number of fused-ring (bicyclic) bond motifs is 1. The second-order valence-electron chi connectivity index (χ2n) is 7.31. The zero-order valence-electron chi connectivity index (χ0n) is 15.1. The van der Waals surface area contributed by atoms with Crippen LogP contribution in [0, 0.1) is 0 Å². The third-order valence-corrected chi connectivity index (χ3v) is 6.15. The van der Waals surface area contributed by atoms with Crippen molar-refractivity contribution in [3.8, 4) is 0 Å². The highest BCUT2D eigenvalue weighted by Gasteiger charge is 2.34. The first kappa shape index (κ1) is 18.6. The van der Waals surface area contributed by atoms with Gasteiger partial charge in [-0.1, -0.05) is 41.4 Å². The van der Waals surface area contributed by atoms with Crippen LogP contribution in [-0.4, -0.2) is 41.9 Å². The van der Waals surface area contributed by atoms with Gasteiger partial charge in [0.2, 0.25) is 5.91 Å². The van der Waals surface area contributed by atoms with E-state index in [2.05, 4.69) is 11.5 Å². The highest BCUT2D eigenvalue weighted by atomic mass is 35.5. The Labute approximate surface area is 169 Å². The largest absolute Gasteiger partial charge is 0.469 e. The molecule has 0 spiro atoms. The van der Waals surface area contributed by atoms with Crippen molar-refractivity contribution in [3.63, 3.8) is 0 Å². The molecule has 4 nitrogen and oxygen atoms in total. The third kappa shape index (κ3) is 3.93. The molecule has 4 rings (SSSR count). The van der Waals surface area contributed by atoms with Gasteiger partial charge in [-0.15, -0.1) is 0 Å². The summed E-state index contributed by atoms with van der Waals surface area (Å²) in [6, 6.07) is 7.38. The molecule has 27 heavy (non-hydrogen) atoms. The molecule has 0 bridgehead atoms. The van der Waals surface area contributed by atoms with Crippen LogP contribution < -0.4 is 0 Å². The molecule has 2 aliphatic rings. The summed E-state index contributed by atoms with van der Waals surface area (Å²) in [7, 11) is 0. The van der Waals surface area contributed by atoms with Crippen molar-refractivity contribution in [3.05, 3.63) is 69.6 Å². The van der Waals surface area contributed by atoms with E-state index in [4.69, 9.17) is 27.6 Å². The fourth-order valence-electron chi connectivity index (χ4n) is 4.01. The Morgan fingerprint density at radius 3 is 2.78 bits per heavy atom. The first-order valence-corrected chi connectivity index (χ1v) is 9.95. The number of amides is 1. The van der Waals surface area contributed by atoms with Gasteiger partial charge in [0.25, 0.3) is 0 Å². The van der Waals surface area contributed by atoms with Gasteiger partial charge in [-0.25, -0.2) is 0 Å². The number of carbonyl (C=O) groups excluding carboxylic acids is 1. The van der Waals surface area contributed by atoms with Crippen LogP contribution in [0.15, 0.2) is 47.1 Å². The van der Waals surface area contributed by atoms with Crippen LogP contribution in [0.4, 0.5) is 0 Å². The minimum atomic E-state index is 0.00803. The van der Waals surface area contributed by atoms with Gasteiger partial charge in [0.05, 0.1) is 28.8 Å². The van der Waals surface area contributed by atoms with Crippen molar-refractivity contribution in [2.24, 2.45) is 0 Å². The molecule has 1 unspecified atom stereocenters. The van der Waals surface area contributed by atoms with E-state index in [1.165, 1.54) is 5.57 Å². The van der Waals surface area contributed by atoms with Gasteiger partial charge in [-0.05, 0) is 30.2 Å². The summed E-state index contributed by atoms with van der Waals surface area (Å²) in [5.41, 5.74) is 3.26. The predicted molar refractivity (Wildman–Crippen MR) is 107 cm³/mol. The standard InChI is InChI=1S/C21H22Cl2N2O2/c1-14-4-7-24(12-14)13-19-16-6-9-27-20(16)5-8-25(19)21(26)11-15-2-3-17(22)18(23)10-15/h2-3,6,9-10,19H,1,4-5,7-8,11-13H2. The van der Waals surface area contributed by atoms with Crippen LogP contribution in [0.5, 0.6) is 0 Å². The third-order valence-electron chi connectivity index (χ3n) is 5.41. The van der Waals surface area contributed by atoms with E-state index in [1.807, 2.05) is 17.0 Å². The lowest BCUT2D eigenvalue weighted by Crippen LogP contribution is -2.45. The Kier molecular flexibility index (Phi) is 5.31. The number of furan rings is 1. The number of benzene rings is 1. The fourth-order valence-corrected chi connectivity index (χ4v) is 4.33. The molecular weight excluding hydrogens is 383 g/mol. The van der Waals surface area contributed by atoms with Crippen molar-refractivity contribution in [2.75, 3.05) is 26.2 Å². The second-order valence-corrected chi connectivity index (χ2v) is 8.13. The van der Waals surface area contributed by atoms with Gasteiger partial charge < -0.3 is 9.32 Å². The van der Waals surface area contributed by atoms with Crippen molar-refractivity contribution in [1.82, 2.24) is 9.80 Å². The number of carbonyl (C=O) groups is 1. The molecule has 0 radical (unpaired) electrons. The second kappa shape index (κ2) is 7.70. The van der Waals surface area contributed by atoms with Gasteiger partial charge in [0, 0.05) is 38.2 Å². The lowest BCUT2D eigenvalue weighted by atomic mass is 9.97. The Morgan fingerprint density at radius 1 is 1.19 bits per heavy atom. The number of hydrogen-bond donors (Lipinski definition) is 0. The molecular formula is C21H22Cl2N2O2. The monoisotopic (exact) mass is 404 g/mol. The summed E-state index contributed by atoms with van der Waals surface area (Å²) in [5, 5.41) is 0.978. The Bertz CT molecular complexity index is 877. The molecule has 142 valence electrons. The summed E-state index contributed by atoms with van der Waals surface area (Å²) in [4.78, 5) is 17.5. The molecule has 3 heterocycles. The Balaban J connectivity index is 1.54. The van der Waals surface area contributed by atoms with Crippen LogP contribution >= 0.6 is 23.2 Å². The number of likely N-dealkylation sites (tertiary alicyclic amines) is 1. The minimum Gasteiger partial charge on any atom is -0.469 e. The zero-order valence-corrected chi connectivity index (χ0v) is 16.6. The average Bonchev–Trinajstić information content (AvgIpc) is 3.27. The maximum absolute atomic E-state index is 13.1. The first-order valence-electron chi connectivity index (χ1n) is 9.20. The fraction of sp³-hybridized carbons (Fsp3) is 0.381. The van der Waals surface area contributed by atoms with Crippen LogP contribution in [-0.2, 0) is 17.6 Å². The highest BCUT2D eigenvalue weighted by molar-refractivity contribution is 6.42. The number of nitrogens with zero attached hydrogens (tertiary/aromatic N) is 2. The predicted octanol–water partition coefficient (Wildman–Crippen LogP) is 4.52. The van der Waals surface area contributed by atoms with Crippen LogP contribution in [0.25, 0.3) is 0 Å². The van der Waals surface area contributed by atoms with E-state index in [1.54, 1.807) is 18.4 Å². The van der Waals surface area contributed by atoms with Crippen molar-refractivity contribution < 1.29 is 9.21 Å². The van der Waals surface area contributed by atoms with Gasteiger partial charge >= 0.3 is 0 Å². The molecule has 6 heteroatoms. The molecule has 2 aromatic rings. The van der Waals surface area contributed by atoms with Gasteiger partial charge in [-0.2, -0.15) is 0 Å². The smallest absolute Gasteiger partial charge is 0.227 e. The molecule has 1 atom stereocenters. The molecule has 0 N–H and O–H groups in total. The summed E-state index contributed by atoms with van der Waals surface area (Å²) >= 11 is 12.1. The quantitative estimate of drug-likeness (QED) is 0.702. The number of hydrogen-bond acceptors (Lipinski definition) is 3. The topological polar surface area (TPSA) is 36.7 Å². The number of halogens is 2. The maximum Gasteiger partial charge on any atom is 0.227 e. The zero-order chi connectivity index (χ0) is 19.0. The van der Waals surface area contributed by atoms with E-state index in [9.17, 15) is 4.79 Å². The summed E-state index contributed by atoms with van der Waals surface area (Å²) in [5.74, 6) is 1.10. The molecule has 1 amide bonds. The van der Waals surface area contributed by atoms with E-state index < -0.39 is 0 Å². The van der Waals surface area contributed by atoms with E-state index in [-0.39, 0.29) is 11.9 Å². The maximum atomic E-state index is 13.1. The molecule has 1 aromatic heterocycles. The molecule has 0 saturated carbocycles. The lowest BCUT2D eigenvalue weighted by molar-refractivity contribution is -0.133. The van der Waals surface area contributed by atoms with Crippen molar-refractivity contribution >= 4 is 29.1 Å². The van der Waals surface area contributed by atoms with Gasteiger partial charge in [0.1, 0.15) is 5.76 Å². The van der Waals surface area contributed by atoms with Crippen molar-refractivity contribution in [2.45, 2.75) is 25.3 Å². The van der Waals surface area contributed by atoms with Crippen molar-refractivity contribution in [1.29, 1.82) is 0 Å². The highest BCUT2D eigenvalue weighted by Crippen LogP contribution is 2.33. The Morgan fingerprint density at radius 2 is 2.04 bits per heavy atom. The van der Waals surface area contributed by atoms with E-state index in [0.29, 0.717) is 23.0 Å². The molecule has 0 aliphatic carbocycles. The normalized spacial score (nSPS) is 20.1. The molecule has 2 aliphatic heterocycles.